The second-order valence-electron chi connectivity index (χ2n) is 12.0. The molecule has 0 N–H and O–H groups in total. The lowest BCUT2D eigenvalue weighted by Crippen LogP contribution is -2.37. The van der Waals surface area contributed by atoms with Gasteiger partial charge in [-0.25, -0.2) is 9.13 Å². The molecule has 0 saturated heterocycles. The fourth-order valence-electron chi connectivity index (χ4n) is 5.84. The van der Waals surface area contributed by atoms with Crippen LogP contribution >= 0.6 is 0 Å². The Morgan fingerprint density at radius 3 is 1.24 bits per heavy atom. The number of aryl methyl sites for hydroxylation is 2. The predicted molar refractivity (Wildman–Crippen MR) is 165 cm³/mol. The Morgan fingerprint density at radius 1 is 0.459 bits per heavy atom. The molecule has 37 heavy (non-hydrogen) atoms. The minimum absolute atomic E-state index is 1.22. The minimum Gasteiger partial charge on any atom is -0.234 e. The fraction of sp³-hybridized carbons (Fsp3) is 0.914. The van der Waals surface area contributed by atoms with Gasteiger partial charge in [0.2, 0.25) is 0 Å². The number of hydrogen-bond acceptors (Lipinski definition) is 0. The maximum Gasteiger partial charge on any atom is 0.256 e. The van der Waals surface area contributed by atoms with E-state index in [9.17, 15) is 0 Å². The first kappa shape index (κ1) is 34.2. The summed E-state index contributed by atoms with van der Waals surface area (Å²) in [6.45, 7) is 9.38. The van der Waals surface area contributed by atoms with Gasteiger partial charge in [0.15, 0.2) is 0 Å². The molecule has 0 bridgehead atoms. The van der Waals surface area contributed by atoms with Crippen LogP contribution in [0.1, 0.15) is 194 Å². The fourth-order valence-corrected chi connectivity index (χ4v) is 5.84. The van der Waals surface area contributed by atoms with Crippen LogP contribution in [0.25, 0.3) is 0 Å². The van der Waals surface area contributed by atoms with Gasteiger partial charge in [0.05, 0.1) is 13.1 Å². The van der Waals surface area contributed by atoms with Gasteiger partial charge in [-0.2, -0.15) is 0 Å². The zero-order chi connectivity index (χ0) is 26.7. The quantitative estimate of drug-likeness (QED) is 0.0737. The first-order chi connectivity index (χ1) is 18.3. The maximum atomic E-state index is 2.57. The van der Waals surface area contributed by atoms with E-state index in [4.69, 9.17) is 0 Å². The van der Waals surface area contributed by atoms with E-state index in [1.807, 2.05) is 0 Å². The van der Waals surface area contributed by atoms with Crippen molar-refractivity contribution in [2.45, 2.75) is 207 Å². The Kier molecular flexibility index (Phi) is 24.8. The molecular weight excluding hydrogens is 448 g/mol. The molecule has 0 atom stereocenters. The summed E-state index contributed by atoms with van der Waals surface area (Å²) in [4.78, 5) is 0. The highest BCUT2D eigenvalue weighted by Gasteiger charge is 2.15. The van der Waals surface area contributed by atoms with E-state index in [1.54, 1.807) is 5.82 Å². The summed E-state index contributed by atoms with van der Waals surface area (Å²) in [5.41, 5.74) is 0. The Bertz CT molecular complexity index is 576. The number of aromatic nitrogens is 2. The molecule has 0 saturated carbocycles. The molecule has 0 radical (unpaired) electrons. The Morgan fingerprint density at radius 2 is 0.838 bits per heavy atom. The van der Waals surface area contributed by atoms with Crippen LogP contribution in [0.3, 0.4) is 0 Å². The van der Waals surface area contributed by atoms with E-state index in [2.05, 4.69) is 42.3 Å². The van der Waals surface area contributed by atoms with Crippen molar-refractivity contribution in [3.05, 3.63) is 18.2 Å². The lowest BCUT2D eigenvalue weighted by molar-refractivity contribution is -0.704. The normalized spacial score (nSPS) is 11.5. The van der Waals surface area contributed by atoms with Gasteiger partial charge in [-0.05, 0) is 32.1 Å². The van der Waals surface area contributed by atoms with E-state index in [0.717, 1.165) is 0 Å². The maximum absolute atomic E-state index is 2.57. The zero-order valence-electron chi connectivity index (χ0n) is 26.1. The van der Waals surface area contributed by atoms with Crippen molar-refractivity contribution in [2.24, 2.45) is 0 Å². The van der Waals surface area contributed by atoms with E-state index in [1.165, 1.54) is 186 Å². The number of unbranched alkanes of at least 4 members (excludes halogenated alkanes) is 23. The third-order valence-electron chi connectivity index (χ3n) is 8.32. The van der Waals surface area contributed by atoms with E-state index < -0.39 is 0 Å². The summed E-state index contributed by atoms with van der Waals surface area (Å²) in [5, 5.41) is 0. The molecule has 1 aromatic rings. The van der Waals surface area contributed by atoms with Gasteiger partial charge in [0.1, 0.15) is 12.4 Å². The number of nitrogens with zero attached hydrogens (tertiary/aromatic N) is 2. The van der Waals surface area contributed by atoms with Crippen LogP contribution in [0, 0.1) is 0 Å². The van der Waals surface area contributed by atoms with Crippen molar-refractivity contribution >= 4 is 0 Å². The lowest BCUT2D eigenvalue weighted by Gasteiger charge is -2.06. The van der Waals surface area contributed by atoms with E-state index >= 15 is 0 Å². The first-order valence-electron chi connectivity index (χ1n) is 17.4. The second-order valence-corrected chi connectivity index (χ2v) is 12.0. The molecule has 0 amide bonds. The van der Waals surface area contributed by atoms with Gasteiger partial charge < -0.3 is 0 Å². The van der Waals surface area contributed by atoms with Crippen LogP contribution in [0.5, 0.6) is 0 Å². The molecule has 0 aromatic carbocycles. The minimum atomic E-state index is 1.22. The summed E-state index contributed by atoms with van der Waals surface area (Å²) >= 11 is 0. The predicted octanol–water partition coefficient (Wildman–Crippen LogP) is 11.5. The van der Waals surface area contributed by atoms with Crippen molar-refractivity contribution < 1.29 is 4.57 Å². The van der Waals surface area contributed by atoms with Gasteiger partial charge in [0, 0.05) is 6.42 Å². The largest absolute Gasteiger partial charge is 0.256 e. The SMILES string of the molecule is CCCCCCCCCCCCCCC[n+]1ccn(CCCCCCCCCCCCCC)c1CCC. The molecule has 2 heteroatoms. The number of imidazole rings is 1. The Labute approximate surface area is 234 Å². The van der Waals surface area contributed by atoms with Gasteiger partial charge in [-0.15, -0.1) is 0 Å². The van der Waals surface area contributed by atoms with E-state index in [0.29, 0.717) is 0 Å². The molecule has 1 aromatic heterocycles. The van der Waals surface area contributed by atoms with Gasteiger partial charge in [0.25, 0.3) is 5.82 Å². The smallest absolute Gasteiger partial charge is 0.234 e. The third-order valence-corrected chi connectivity index (χ3v) is 8.32. The standard InChI is InChI=1S/C35H69N2/c1-4-7-9-11-13-15-17-19-21-23-25-27-29-32-37-34-33-36(35(37)30-6-3)31-28-26-24-22-20-18-16-14-12-10-8-5-2/h33-34H,4-32H2,1-3H3/q+1. The molecule has 218 valence electrons. The molecule has 0 aliphatic carbocycles. The van der Waals surface area contributed by atoms with Crippen molar-refractivity contribution in [3.63, 3.8) is 0 Å². The topological polar surface area (TPSA) is 8.81 Å². The molecule has 0 fully saturated rings. The third kappa shape index (κ3) is 19.9. The van der Waals surface area contributed by atoms with Crippen molar-refractivity contribution in [3.8, 4) is 0 Å². The molecule has 0 unspecified atom stereocenters. The Balaban J connectivity index is 2.05. The zero-order valence-corrected chi connectivity index (χ0v) is 26.1. The van der Waals surface area contributed by atoms with Crippen LogP contribution in [-0.2, 0) is 19.5 Å². The average molecular weight is 518 g/mol. The second kappa shape index (κ2) is 26.8. The first-order valence-corrected chi connectivity index (χ1v) is 17.4. The van der Waals surface area contributed by atoms with Gasteiger partial charge in [-0.3, -0.25) is 0 Å². The monoisotopic (exact) mass is 518 g/mol. The molecule has 2 nitrogen and oxygen atoms in total. The summed E-state index contributed by atoms with van der Waals surface area (Å²) in [5.74, 6) is 1.57. The highest BCUT2D eigenvalue weighted by molar-refractivity contribution is 4.84. The van der Waals surface area contributed by atoms with Crippen LogP contribution in [0.4, 0.5) is 0 Å². The highest BCUT2D eigenvalue weighted by atomic mass is 15.1. The van der Waals surface area contributed by atoms with Crippen LogP contribution in [0.15, 0.2) is 12.4 Å². The molecule has 0 aliphatic rings. The van der Waals surface area contributed by atoms with Gasteiger partial charge in [-0.1, -0.05) is 156 Å². The summed E-state index contributed by atoms with van der Waals surface area (Å²) in [6, 6.07) is 0. The molecule has 0 aliphatic heterocycles. The molecule has 1 heterocycles. The summed E-state index contributed by atoms with van der Waals surface area (Å²) in [6.07, 6.45) is 43.1. The summed E-state index contributed by atoms with van der Waals surface area (Å²) in [7, 11) is 0. The summed E-state index contributed by atoms with van der Waals surface area (Å²) < 4.78 is 5.14. The van der Waals surface area contributed by atoms with Gasteiger partial charge >= 0.3 is 0 Å². The van der Waals surface area contributed by atoms with Crippen LogP contribution in [0.2, 0.25) is 0 Å². The van der Waals surface area contributed by atoms with Crippen molar-refractivity contribution in [1.29, 1.82) is 0 Å². The average Bonchev–Trinajstić information content (AvgIpc) is 3.28. The van der Waals surface area contributed by atoms with Crippen molar-refractivity contribution in [2.75, 3.05) is 0 Å². The van der Waals surface area contributed by atoms with Crippen LogP contribution < -0.4 is 4.57 Å². The van der Waals surface area contributed by atoms with E-state index in [-0.39, 0.29) is 0 Å². The van der Waals surface area contributed by atoms with Crippen molar-refractivity contribution in [1.82, 2.24) is 4.57 Å². The highest BCUT2D eigenvalue weighted by Crippen LogP contribution is 2.14. The van der Waals surface area contributed by atoms with Crippen LogP contribution in [-0.4, -0.2) is 4.57 Å². The molecule has 1 rings (SSSR count). The number of rotatable bonds is 29. The molecule has 0 spiro atoms. The lowest BCUT2D eigenvalue weighted by atomic mass is 10.0. The molecular formula is C35H69N2+. The number of hydrogen-bond donors (Lipinski definition) is 0. The Hall–Kier alpha value is -0.790.